The number of hydrogen-bond donors (Lipinski definition) is 3. The van der Waals surface area contributed by atoms with Crippen LogP contribution in [0.3, 0.4) is 0 Å². The van der Waals surface area contributed by atoms with Gasteiger partial charge in [0.05, 0.1) is 13.2 Å². The van der Waals surface area contributed by atoms with Crippen LogP contribution in [-0.2, 0) is 42.3 Å². The number of carboxylic acid groups (broad SMARTS) is 1. The third kappa shape index (κ3) is 39.6. The Morgan fingerprint density at radius 1 is 0.576 bits per heavy atom. The molecule has 0 radical (unpaired) electrons. The summed E-state index contributed by atoms with van der Waals surface area (Å²) >= 11 is 0. The third-order valence-corrected chi connectivity index (χ3v) is 9.54. The molecule has 0 saturated heterocycles. The second-order valence-electron chi connectivity index (χ2n) is 14.2. The Hall–Kier alpha value is -3.67. The van der Waals surface area contributed by atoms with Gasteiger partial charge in [-0.1, -0.05) is 138 Å². The first kappa shape index (κ1) is 55.3. The van der Waals surface area contributed by atoms with E-state index in [1.165, 1.54) is 63.9 Å². The summed E-state index contributed by atoms with van der Waals surface area (Å²) in [5, 5.41) is 8.88. The molecule has 0 heterocycles. The van der Waals surface area contributed by atoms with Gasteiger partial charge in [0.15, 0.2) is 11.9 Å². The summed E-state index contributed by atoms with van der Waals surface area (Å²) in [5.74, 6) is -2.92. The Kier molecular flexibility index (Phi) is 37.3. The quantitative estimate of drug-likeness (QED) is 0.0133. The van der Waals surface area contributed by atoms with Gasteiger partial charge in [0.25, 0.3) is 0 Å². The number of hydrogen-bond acceptors (Lipinski definition) is 10. The molecule has 0 aromatic rings. The highest BCUT2D eigenvalue weighted by molar-refractivity contribution is 7.47. The number of rotatable bonds is 39. The minimum Gasteiger partial charge on any atom is -0.480 e. The van der Waals surface area contributed by atoms with Gasteiger partial charge in [-0.15, -0.1) is 0 Å². The van der Waals surface area contributed by atoms with Gasteiger partial charge in [-0.25, -0.2) is 4.57 Å². The molecule has 0 aromatic carbocycles. The number of esters is 2. The molecule has 0 amide bonds. The highest BCUT2D eigenvalue weighted by Crippen LogP contribution is 2.43. The fourth-order valence-electron chi connectivity index (χ4n) is 5.15. The number of nitrogens with two attached hydrogens (primary N) is 1. The number of ketones is 1. The van der Waals surface area contributed by atoms with E-state index in [-0.39, 0.29) is 31.5 Å². The molecule has 0 spiro atoms. The van der Waals surface area contributed by atoms with Gasteiger partial charge < -0.3 is 25.2 Å². The van der Waals surface area contributed by atoms with E-state index >= 15 is 0 Å². The Morgan fingerprint density at radius 3 is 1.68 bits per heavy atom. The van der Waals surface area contributed by atoms with Gasteiger partial charge >= 0.3 is 25.7 Å². The Morgan fingerprint density at radius 2 is 1.07 bits per heavy atom. The van der Waals surface area contributed by atoms with Crippen LogP contribution in [0.4, 0.5) is 0 Å². The molecule has 4 N–H and O–H groups in total. The highest BCUT2D eigenvalue weighted by Gasteiger charge is 2.28. The zero-order chi connectivity index (χ0) is 43.7. The lowest BCUT2D eigenvalue weighted by Crippen LogP contribution is -2.34. The third-order valence-electron chi connectivity index (χ3n) is 8.59. The monoisotopic (exact) mass is 847 g/mol. The van der Waals surface area contributed by atoms with Crippen LogP contribution in [0.15, 0.2) is 85.1 Å². The standard InChI is InChI=1S/C46H74NO11P/c1-3-5-7-9-11-13-15-17-18-19-20-22-24-26-28-30-32-36-44(49)55-38-42(39-56-59(53,54)57-40-43(47)46(51)52)58-45(50)37-33-35-41(48)34-31-29-27-25-23-21-16-14-12-10-8-6-4-2/h12,14,17-18,20-23,26-29,31,34,42-43H,3-11,13,15-16,19,24-25,30,32-33,35-40,47H2,1-2H3,(H,51,52)(H,53,54)/b14-12-,18-17-,22-20-,23-21-,28-26-,29-27-,34-31+/t42-,43+/m1/s1. The molecule has 0 aliphatic carbocycles. The summed E-state index contributed by atoms with van der Waals surface area (Å²) < 4.78 is 32.4. The lowest BCUT2D eigenvalue weighted by Gasteiger charge is -2.20. The largest absolute Gasteiger partial charge is 0.480 e. The second-order valence-corrected chi connectivity index (χ2v) is 15.6. The van der Waals surface area contributed by atoms with Gasteiger partial charge in [0, 0.05) is 19.3 Å². The summed E-state index contributed by atoms with van der Waals surface area (Å²) in [7, 11) is -4.80. The molecule has 13 heteroatoms. The number of ether oxygens (including phenoxy) is 2. The molecule has 3 atom stereocenters. The van der Waals surface area contributed by atoms with E-state index in [1.54, 1.807) is 12.2 Å². The van der Waals surface area contributed by atoms with Crippen LogP contribution in [-0.4, -0.2) is 65.7 Å². The van der Waals surface area contributed by atoms with Crippen molar-refractivity contribution in [1.29, 1.82) is 0 Å². The van der Waals surface area contributed by atoms with Crippen molar-refractivity contribution in [2.24, 2.45) is 5.73 Å². The molecule has 0 fully saturated rings. The van der Waals surface area contributed by atoms with Gasteiger partial charge in [-0.3, -0.25) is 28.2 Å². The van der Waals surface area contributed by atoms with Crippen LogP contribution < -0.4 is 5.73 Å². The van der Waals surface area contributed by atoms with Crippen molar-refractivity contribution in [1.82, 2.24) is 0 Å². The lowest BCUT2D eigenvalue weighted by molar-refractivity contribution is -0.161. The fraction of sp³-hybridized carbons (Fsp3) is 0.609. The minimum atomic E-state index is -4.80. The van der Waals surface area contributed by atoms with Crippen LogP contribution in [0.2, 0.25) is 0 Å². The molecule has 12 nitrogen and oxygen atoms in total. The molecular weight excluding hydrogens is 773 g/mol. The van der Waals surface area contributed by atoms with Gasteiger partial charge in [0.1, 0.15) is 12.6 Å². The summed E-state index contributed by atoms with van der Waals surface area (Å²) in [6.45, 7) is 2.45. The molecular formula is C46H74NO11P. The van der Waals surface area contributed by atoms with Crippen molar-refractivity contribution in [2.75, 3.05) is 19.8 Å². The number of phosphoric ester groups is 1. The van der Waals surface area contributed by atoms with Crippen LogP contribution in [0.1, 0.15) is 149 Å². The number of allylic oxidation sites excluding steroid dienone is 14. The fourth-order valence-corrected chi connectivity index (χ4v) is 5.93. The Balaban J connectivity index is 4.67. The van der Waals surface area contributed by atoms with Crippen LogP contribution in [0.25, 0.3) is 0 Å². The maximum absolute atomic E-state index is 12.6. The van der Waals surface area contributed by atoms with Gasteiger partial charge in [0.2, 0.25) is 0 Å². The molecule has 0 bridgehead atoms. The molecule has 0 saturated carbocycles. The van der Waals surface area contributed by atoms with Crippen molar-refractivity contribution >= 4 is 31.5 Å². The van der Waals surface area contributed by atoms with E-state index in [1.807, 2.05) is 18.2 Å². The van der Waals surface area contributed by atoms with Crippen LogP contribution in [0, 0.1) is 0 Å². The summed E-state index contributed by atoms with van der Waals surface area (Å²) in [6, 6.07) is -1.57. The van der Waals surface area contributed by atoms with Crippen molar-refractivity contribution in [3.05, 3.63) is 85.1 Å². The first-order valence-corrected chi connectivity index (χ1v) is 23.1. The van der Waals surface area contributed by atoms with Crippen molar-refractivity contribution in [3.63, 3.8) is 0 Å². The van der Waals surface area contributed by atoms with Crippen LogP contribution >= 0.6 is 7.82 Å². The molecule has 0 rings (SSSR count). The van der Waals surface area contributed by atoms with E-state index in [0.29, 0.717) is 12.8 Å². The Bertz CT molecular complexity index is 1380. The van der Waals surface area contributed by atoms with E-state index in [0.717, 1.165) is 38.5 Å². The average molecular weight is 848 g/mol. The number of carboxylic acids is 1. The first-order chi connectivity index (χ1) is 28.5. The SMILES string of the molecule is CCCCC/C=C\C/C=C\C/C=C\C=C\C(=O)CCCC(=O)O[C@H](COC(=O)CCC/C=C\C/C=C\C/C=C\CCCCCCCC)COP(=O)(O)OC[C@H](N)C(=O)O. The van der Waals surface area contributed by atoms with Gasteiger partial charge in [-0.2, -0.15) is 0 Å². The van der Waals surface area contributed by atoms with E-state index in [2.05, 4.69) is 67.0 Å². The van der Waals surface area contributed by atoms with E-state index in [9.17, 15) is 28.6 Å². The highest BCUT2D eigenvalue weighted by atomic mass is 31.2. The minimum absolute atomic E-state index is 0.0883. The Labute approximate surface area is 354 Å². The smallest absolute Gasteiger partial charge is 0.472 e. The topological polar surface area (TPSA) is 189 Å². The summed E-state index contributed by atoms with van der Waals surface area (Å²) in [6.07, 6.45) is 45.3. The number of carbonyl (C=O) groups is 4. The summed E-state index contributed by atoms with van der Waals surface area (Å²) in [4.78, 5) is 58.1. The molecule has 59 heavy (non-hydrogen) atoms. The molecule has 0 aliphatic rings. The number of carbonyl (C=O) groups excluding carboxylic acids is 3. The normalized spacial score (nSPS) is 14.4. The van der Waals surface area contributed by atoms with Crippen LogP contribution in [0.5, 0.6) is 0 Å². The zero-order valence-electron chi connectivity index (χ0n) is 35.8. The maximum atomic E-state index is 12.6. The molecule has 334 valence electrons. The molecule has 0 aliphatic heterocycles. The van der Waals surface area contributed by atoms with Gasteiger partial charge in [-0.05, 0) is 76.7 Å². The van der Waals surface area contributed by atoms with Crippen molar-refractivity contribution in [2.45, 2.75) is 161 Å². The second kappa shape index (κ2) is 39.8. The lowest BCUT2D eigenvalue weighted by atomic mass is 10.1. The van der Waals surface area contributed by atoms with Crippen molar-refractivity contribution in [3.8, 4) is 0 Å². The number of phosphoric acid groups is 1. The maximum Gasteiger partial charge on any atom is 0.472 e. The zero-order valence-corrected chi connectivity index (χ0v) is 36.7. The summed E-state index contributed by atoms with van der Waals surface area (Å²) in [5.41, 5.74) is 5.31. The first-order valence-electron chi connectivity index (χ1n) is 21.6. The van der Waals surface area contributed by atoms with E-state index < -0.39 is 57.7 Å². The average Bonchev–Trinajstić information content (AvgIpc) is 3.20. The molecule has 0 aromatic heterocycles. The molecule has 1 unspecified atom stereocenters. The van der Waals surface area contributed by atoms with E-state index in [4.69, 9.17) is 24.8 Å². The number of unbranched alkanes of at least 4 members (excludes halogenated alkanes) is 10. The number of aliphatic carboxylic acids is 1. The predicted molar refractivity (Wildman–Crippen MR) is 235 cm³/mol. The predicted octanol–water partition coefficient (Wildman–Crippen LogP) is 10.7. The van der Waals surface area contributed by atoms with Crippen molar-refractivity contribution < 1.29 is 52.3 Å².